The molecule has 0 atom stereocenters. The molecule has 0 unspecified atom stereocenters. The van der Waals surface area contributed by atoms with Gasteiger partial charge >= 0.3 is 0 Å². The fourth-order valence-corrected chi connectivity index (χ4v) is 20.9. The standard InChI is InChI=1S/C95H142F2N18O9Si6/c1-23-67-51-83(123-65-121-41-47-129(17,18)19)75(96)53-73(67)69-25-27-71-79(49-69)114(63-119-39-45-127(11,12)13)104-87(71)94-100-77-57-110(59-81(77)112(94)61-117-37-43-125(5,6)7)92-89(98-55-85(102-92)108-33-29-106(3)30-34-108)91(116)90-93(103-86(56-99-90)109-35-31-107(4)32-36-109)111-58-78-82(60-111)113(62-118-38-44-126(8,9)10)95(101-78)88-72-28-26-70(50-80(72)115(105-88)64-120-40-46-128(14,15)16)74-54-76(97)84(52-68(74)24-2)124-66-122-42-48-130(20,21)22/h25-28,49-56H,23-24,29-48,57-66H2,1-22H3. The minimum absolute atomic E-state index is 0.0285. The van der Waals surface area contributed by atoms with Crippen LogP contribution in [0.2, 0.25) is 154 Å². The van der Waals surface area contributed by atoms with E-state index < -0.39 is 65.9 Å². The topological polar surface area (TPSA) is 233 Å². The highest BCUT2D eigenvalue weighted by molar-refractivity contribution is 6.78. The van der Waals surface area contributed by atoms with Crippen LogP contribution in [-0.4, -0.2) is 242 Å². The number of imidazole rings is 2. The van der Waals surface area contributed by atoms with Crippen LogP contribution in [0.25, 0.3) is 67.1 Å². The number of nitrogens with zero attached hydrogens (tertiary/aromatic N) is 18. The molecule has 14 rings (SSSR count). The summed E-state index contributed by atoms with van der Waals surface area (Å²) in [6, 6.07) is 25.0. The average molecular weight is 1890 g/mol. The molecule has 2 saturated heterocycles. The molecule has 0 amide bonds. The number of likely N-dealkylation sites (N-methyl/N-ethyl adjacent to an activating group) is 2. The Hall–Kier alpha value is -8.29. The van der Waals surface area contributed by atoms with Crippen molar-refractivity contribution in [2.24, 2.45) is 0 Å². The third-order valence-electron chi connectivity index (χ3n) is 24.9. The summed E-state index contributed by atoms with van der Waals surface area (Å²) < 4.78 is 91.2. The van der Waals surface area contributed by atoms with Gasteiger partial charge in [0.1, 0.15) is 49.9 Å². The van der Waals surface area contributed by atoms with Crippen LogP contribution in [0.15, 0.2) is 73.1 Å². The van der Waals surface area contributed by atoms with Gasteiger partial charge in [-0.25, -0.2) is 48.0 Å². The first kappa shape index (κ1) is 97.7. The first-order valence-corrected chi connectivity index (χ1v) is 69.1. The fraction of sp³-hybridized carbons (Fsp3) is 0.568. The summed E-state index contributed by atoms with van der Waals surface area (Å²) in [7, 11) is -4.43. The number of halogens is 2. The smallest absolute Gasteiger partial charge is 0.237 e. The highest BCUT2D eigenvalue weighted by atomic mass is 28.3. The normalized spacial score (nSPS) is 15.3. The summed E-state index contributed by atoms with van der Waals surface area (Å²) in [5, 5.41) is 12.6. The van der Waals surface area contributed by atoms with Crippen LogP contribution in [0.5, 0.6) is 11.5 Å². The zero-order valence-electron chi connectivity index (χ0n) is 81.5. The number of aryl methyl sites for hydroxylation is 2. The summed E-state index contributed by atoms with van der Waals surface area (Å²) in [5.74, 6) is 2.39. The van der Waals surface area contributed by atoms with E-state index in [0.717, 1.165) is 167 Å². The number of hydrogen-bond acceptors (Lipinski definition) is 23. The van der Waals surface area contributed by atoms with E-state index in [1.807, 2.05) is 21.5 Å². The molecule has 0 bridgehead atoms. The van der Waals surface area contributed by atoms with E-state index >= 15 is 13.6 Å². The summed E-state index contributed by atoms with van der Waals surface area (Å²) in [6.45, 7) is 57.6. The molecule has 10 aromatic rings. The number of aromatic nitrogens is 12. The first-order chi connectivity index (χ1) is 61.6. The Morgan fingerprint density at radius 1 is 0.400 bits per heavy atom. The molecule has 10 heterocycles. The molecule has 0 radical (unpaired) electrons. The van der Waals surface area contributed by atoms with Crippen LogP contribution in [0.3, 0.4) is 0 Å². The molecule has 4 aromatic carbocycles. The highest BCUT2D eigenvalue weighted by Gasteiger charge is 2.39. The number of carbonyl (C=O) groups is 1. The molecule has 2 fully saturated rings. The number of anilines is 4. The molecule has 0 N–H and O–H groups in total. The van der Waals surface area contributed by atoms with Crippen molar-refractivity contribution in [2.45, 2.75) is 234 Å². The van der Waals surface area contributed by atoms with Crippen LogP contribution in [0.4, 0.5) is 32.1 Å². The number of ether oxygens (including phenoxy) is 8. The van der Waals surface area contributed by atoms with Crippen LogP contribution in [-0.2, 0) is 94.4 Å². The second kappa shape index (κ2) is 41.3. The zero-order chi connectivity index (χ0) is 92.9. The van der Waals surface area contributed by atoms with Crippen molar-refractivity contribution in [3.8, 4) is 56.8 Å². The Kier molecular flexibility index (Phi) is 31.0. The van der Waals surface area contributed by atoms with Gasteiger partial charge in [0.05, 0.1) is 72.4 Å². The number of fused-ring (bicyclic) bond motifs is 4. The lowest BCUT2D eigenvalue weighted by Crippen LogP contribution is -2.45. The SMILES string of the molecule is CCc1cc(OCOCC[Si](C)(C)C)c(F)cc1-c1ccc2c(-c3nc4c(n3COCC[Si](C)(C)C)CN(c3nc(N5CCN(C)CC5)cnc3C(=O)c3ncc(N5CCN(C)CC5)nc3N3Cc5nc(-c6nn(COCC[Si](C)(C)C)c7cc(-c8cc(F)c(OCOCC[Si](C)(C)C)cc8CC)ccc67)n(COCC[Si](C)(C)C)c5C3)C4)nn(COCC[Si](C)(C)C)c2c1. The molecular weight excluding hydrogens is 1740 g/mol. The fourth-order valence-electron chi connectivity index (χ4n) is 16.4. The van der Waals surface area contributed by atoms with Gasteiger partial charge in [-0.2, -0.15) is 10.2 Å². The van der Waals surface area contributed by atoms with E-state index in [2.05, 4.69) is 209 Å². The summed E-state index contributed by atoms with van der Waals surface area (Å²) in [6.07, 6.45) is 4.76. The zero-order valence-corrected chi connectivity index (χ0v) is 87.5. The van der Waals surface area contributed by atoms with Gasteiger partial charge in [-0.05, 0) is 145 Å². The number of carbonyl (C=O) groups excluding carboxylic acids is 1. The van der Waals surface area contributed by atoms with Gasteiger partial charge < -0.3 is 76.4 Å². The van der Waals surface area contributed by atoms with Crippen molar-refractivity contribution in [1.29, 1.82) is 0 Å². The minimum atomic E-state index is -1.55. The second-order valence-electron chi connectivity index (χ2n) is 43.0. The van der Waals surface area contributed by atoms with Crippen molar-refractivity contribution in [3.05, 3.63) is 130 Å². The maximum Gasteiger partial charge on any atom is 0.237 e. The van der Waals surface area contributed by atoms with Crippen molar-refractivity contribution in [3.63, 3.8) is 0 Å². The Morgan fingerprint density at radius 2 is 0.738 bits per heavy atom. The van der Waals surface area contributed by atoms with E-state index in [4.69, 9.17) is 78.0 Å². The average Bonchev–Trinajstić information content (AvgIpc) is 1.58. The largest absolute Gasteiger partial charge is 0.464 e. The predicted octanol–water partition coefficient (Wildman–Crippen LogP) is 18.8. The van der Waals surface area contributed by atoms with Crippen molar-refractivity contribution in [2.75, 3.05) is 139 Å². The van der Waals surface area contributed by atoms with E-state index in [1.165, 1.54) is 0 Å². The molecular formula is C95H142F2N18O9Si6. The summed E-state index contributed by atoms with van der Waals surface area (Å²) >= 11 is 0. The Balaban J connectivity index is 0.831. The van der Waals surface area contributed by atoms with Gasteiger partial charge in [-0.15, -0.1) is 0 Å². The number of benzene rings is 4. The number of hydrogen-bond donors (Lipinski definition) is 0. The Morgan fingerprint density at radius 3 is 1.08 bits per heavy atom. The van der Waals surface area contributed by atoms with Gasteiger partial charge in [-0.3, -0.25) is 4.79 Å². The quantitative estimate of drug-likeness (QED) is 0.0149. The minimum Gasteiger partial charge on any atom is -0.464 e. The monoisotopic (exact) mass is 1880 g/mol. The molecule has 35 heteroatoms. The van der Waals surface area contributed by atoms with Gasteiger partial charge in [-0.1, -0.05) is 144 Å². The van der Waals surface area contributed by atoms with Crippen LogP contribution in [0, 0.1) is 11.6 Å². The maximum atomic E-state index is 16.6. The summed E-state index contributed by atoms with van der Waals surface area (Å²) in [4.78, 5) is 62.8. The molecule has 27 nitrogen and oxygen atoms in total. The molecule has 130 heavy (non-hydrogen) atoms. The molecule has 704 valence electrons. The van der Waals surface area contributed by atoms with Crippen LogP contribution in [0.1, 0.15) is 63.9 Å². The molecule has 0 aliphatic carbocycles. The summed E-state index contributed by atoms with van der Waals surface area (Å²) in [5.41, 5.74) is 11.6. The van der Waals surface area contributed by atoms with Gasteiger partial charge in [0, 0.05) is 151 Å². The lowest BCUT2D eigenvalue weighted by atomic mass is 9.96. The molecule has 6 aromatic heterocycles. The molecule has 0 spiro atoms. The van der Waals surface area contributed by atoms with Crippen molar-refractivity contribution < 1.29 is 51.5 Å². The van der Waals surface area contributed by atoms with E-state index in [1.54, 1.807) is 36.7 Å². The lowest BCUT2D eigenvalue weighted by Gasteiger charge is -2.34. The van der Waals surface area contributed by atoms with Gasteiger partial charge in [0.15, 0.2) is 71.4 Å². The predicted molar refractivity (Wildman–Crippen MR) is 534 cm³/mol. The first-order valence-electron chi connectivity index (χ1n) is 46.8. The highest BCUT2D eigenvalue weighted by Crippen LogP contribution is 2.43. The van der Waals surface area contributed by atoms with Gasteiger partial charge in [0.25, 0.3) is 0 Å². The molecule has 0 saturated carbocycles. The third kappa shape index (κ3) is 24.6. The van der Waals surface area contributed by atoms with Gasteiger partial charge in [0.2, 0.25) is 5.78 Å². The number of rotatable bonds is 44. The molecule has 4 aliphatic heterocycles. The van der Waals surface area contributed by atoms with Crippen LogP contribution < -0.4 is 29.1 Å². The Labute approximate surface area is 774 Å². The number of ketones is 1. The Bertz CT molecular complexity index is 5280. The van der Waals surface area contributed by atoms with E-state index in [0.29, 0.717) is 112 Å². The third-order valence-corrected chi connectivity index (χ3v) is 35.1. The lowest BCUT2D eigenvalue weighted by molar-refractivity contribution is 0.0195. The molecule has 4 aliphatic rings. The van der Waals surface area contributed by atoms with Crippen molar-refractivity contribution in [1.82, 2.24) is 68.4 Å². The van der Waals surface area contributed by atoms with Crippen LogP contribution >= 0.6 is 0 Å². The van der Waals surface area contributed by atoms with E-state index in [9.17, 15) is 0 Å². The van der Waals surface area contributed by atoms with Crippen molar-refractivity contribution >= 4 is 99.3 Å². The second-order valence-corrected chi connectivity index (χ2v) is 76.8. The van der Waals surface area contributed by atoms with E-state index in [-0.39, 0.29) is 76.5 Å². The number of piperazine rings is 2. The maximum absolute atomic E-state index is 16.6.